The zero-order valence-corrected chi connectivity index (χ0v) is 17.2. The number of hydrogen-bond donors (Lipinski definition) is 1. The summed E-state index contributed by atoms with van der Waals surface area (Å²) in [6.07, 6.45) is 3.17. The second-order valence-corrected chi connectivity index (χ2v) is 10.4. The Morgan fingerprint density at radius 2 is 1.29 bits per heavy atom. The first-order valence-corrected chi connectivity index (χ1v) is 11.5. The van der Waals surface area contributed by atoms with Crippen molar-refractivity contribution >= 4 is 20.0 Å². The molecule has 0 saturated carbocycles. The molecule has 0 unspecified atom stereocenters. The highest BCUT2D eigenvalue weighted by atomic mass is 32.3. The summed E-state index contributed by atoms with van der Waals surface area (Å²) in [4.78, 5) is 6.61. The van der Waals surface area contributed by atoms with Gasteiger partial charge >= 0.3 is 0 Å². The fourth-order valence-corrected chi connectivity index (χ4v) is 6.30. The zero-order valence-electron chi connectivity index (χ0n) is 15.5. The number of aromatic amines is 1. The van der Waals surface area contributed by atoms with Gasteiger partial charge < -0.3 is 4.98 Å². The molecular weight excluding hydrogens is 398 g/mol. The van der Waals surface area contributed by atoms with Gasteiger partial charge in [-0.3, -0.25) is 0 Å². The smallest absolute Gasteiger partial charge is 0.256 e. The van der Waals surface area contributed by atoms with Crippen molar-refractivity contribution in [2.75, 3.05) is 6.54 Å². The summed E-state index contributed by atoms with van der Waals surface area (Å²) >= 11 is 0. The Labute approximate surface area is 165 Å². The Morgan fingerprint density at radius 1 is 0.821 bits per heavy atom. The van der Waals surface area contributed by atoms with E-state index >= 15 is 0 Å². The monoisotopic (exact) mass is 419 g/mol. The molecule has 148 valence electrons. The number of H-pyrrole nitrogens is 1. The predicted octanol–water partition coefficient (Wildman–Crippen LogP) is 2.65. The lowest BCUT2D eigenvalue weighted by Crippen LogP contribution is -2.38. The molecule has 0 saturated heterocycles. The van der Waals surface area contributed by atoms with Crippen molar-refractivity contribution in [1.82, 2.24) is 13.7 Å². The van der Waals surface area contributed by atoms with Gasteiger partial charge in [-0.15, -0.1) is 0 Å². The largest absolute Gasteiger partial charge is 0.348 e. The number of rotatable bonds is 7. The van der Waals surface area contributed by atoms with Gasteiger partial charge in [0.1, 0.15) is 0 Å². The molecular formula is C19H21N3O4S2. The van der Waals surface area contributed by atoms with Crippen molar-refractivity contribution in [2.45, 2.75) is 30.1 Å². The standard InChI is InChI=1S/C19H21N3O4S2/c1-15-3-7-18(8-4-15)27(23,24)22(12-11-17-13-20-14-21-17)28(25,26)19-9-5-16(2)6-10-19/h3-10,13-14H,11-12H2,1-2H3,(H,20,21). The normalized spacial score (nSPS) is 12.4. The summed E-state index contributed by atoms with van der Waals surface area (Å²) in [6.45, 7) is 3.42. The van der Waals surface area contributed by atoms with E-state index < -0.39 is 20.0 Å². The quantitative estimate of drug-likeness (QED) is 0.635. The fraction of sp³-hybridized carbons (Fsp3) is 0.211. The van der Waals surface area contributed by atoms with Gasteiger partial charge in [-0.05, 0) is 38.1 Å². The van der Waals surface area contributed by atoms with Crippen LogP contribution in [0, 0.1) is 13.8 Å². The van der Waals surface area contributed by atoms with Crippen LogP contribution in [0.1, 0.15) is 16.8 Å². The summed E-state index contributed by atoms with van der Waals surface area (Å²) in [6, 6.07) is 12.2. The maximum absolute atomic E-state index is 13.2. The van der Waals surface area contributed by atoms with Crippen molar-refractivity contribution in [3.05, 3.63) is 77.9 Å². The van der Waals surface area contributed by atoms with Crippen LogP contribution >= 0.6 is 0 Å². The van der Waals surface area contributed by atoms with E-state index in [0.717, 1.165) is 11.1 Å². The van der Waals surface area contributed by atoms with E-state index in [1.54, 1.807) is 24.3 Å². The minimum absolute atomic E-state index is 0.0709. The average molecular weight is 420 g/mol. The van der Waals surface area contributed by atoms with Gasteiger partial charge in [0.15, 0.2) is 0 Å². The van der Waals surface area contributed by atoms with Crippen LogP contribution in [0.4, 0.5) is 0 Å². The SMILES string of the molecule is Cc1ccc(S(=O)(=O)N(CCc2cnc[nH]2)S(=O)(=O)c2ccc(C)cc2)cc1. The van der Waals surface area contributed by atoms with Gasteiger partial charge in [-0.1, -0.05) is 39.1 Å². The van der Waals surface area contributed by atoms with Gasteiger partial charge in [-0.2, -0.15) is 0 Å². The molecule has 0 aliphatic rings. The lowest BCUT2D eigenvalue weighted by atomic mass is 10.2. The summed E-state index contributed by atoms with van der Waals surface area (Å²) < 4.78 is 53.4. The molecule has 1 N–H and O–H groups in total. The van der Waals surface area contributed by atoms with Crippen LogP contribution in [0.15, 0.2) is 70.8 Å². The molecule has 1 aromatic heterocycles. The number of hydrogen-bond acceptors (Lipinski definition) is 5. The van der Waals surface area contributed by atoms with Crippen LogP contribution in [0.5, 0.6) is 0 Å². The highest BCUT2D eigenvalue weighted by Crippen LogP contribution is 2.25. The van der Waals surface area contributed by atoms with Crippen LogP contribution in [-0.2, 0) is 26.5 Å². The molecule has 9 heteroatoms. The molecule has 0 aliphatic carbocycles. The van der Waals surface area contributed by atoms with Crippen molar-refractivity contribution in [1.29, 1.82) is 0 Å². The third kappa shape index (κ3) is 4.16. The van der Waals surface area contributed by atoms with E-state index in [2.05, 4.69) is 9.97 Å². The maximum atomic E-state index is 13.2. The third-order valence-electron chi connectivity index (χ3n) is 4.29. The van der Waals surface area contributed by atoms with Gasteiger partial charge in [-0.25, -0.2) is 21.8 Å². The number of aryl methyl sites for hydroxylation is 2. The Hall–Kier alpha value is -2.49. The zero-order chi connectivity index (χ0) is 20.4. The summed E-state index contributed by atoms with van der Waals surface area (Å²) in [5.74, 6) is 0. The van der Waals surface area contributed by atoms with E-state index in [1.807, 2.05) is 13.8 Å². The van der Waals surface area contributed by atoms with E-state index in [-0.39, 0.29) is 22.8 Å². The second-order valence-electron chi connectivity index (χ2n) is 6.46. The number of nitrogens with one attached hydrogen (secondary N) is 1. The van der Waals surface area contributed by atoms with E-state index in [1.165, 1.54) is 36.8 Å². The number of aromatic nitrogens is 2. The molecule has 0 fully saturated rings. The van der Waals surface area contributed by atoms with Gasteiger partial charge in [0.2, 0.25) is 0 Å². The lowest BCUT2D eigenvalue weighted by molar-refractivity contribution is 0.497. The topological polar surface area (TPSA) is 100 Å². The Kier molecular flexibility index (Phi) is 5.69. The van der Waals surface area contributed by atoms with Crippen LogP contribution in [0.3, 0.4) is 0 Å². The van der Waals surface area contributed by atoms with Crippen molar-refractivity contribution in [3.63, 3.8) is 0 Å². The molecule has 28 heavy (non-hydrogen) atoms. The van der Waals surface area contributed by atoms with Crippen LogP contribution in [0.25, 0.3) is 0 Å². The Bertz CT molecular complexity index is 1060. The molecule has 1 heterocycles. The minimum atomic E-state index is -4.28. The Morgan fingerprint density at radius 3 is 1.68 bits per heavy atom. The molecule has 7 nitrogen and oxygen atoms in total. The number of sulfonamides is 2. The van der Waals surface area contributed by atoms with Crippen LogP contribution in [0.2, 0.25) is 0 Å². The number of benzene rings is 2. The predicted molar refractivity (Wildman–Crippen MR) is 106 cm³/mol. The molecule has 0 radical (unpaired) electrons. The highest BCUT2D eigenvalue weighted by Gasteiger charge is 2.36. The summed E-state index contributed by atoms with van der Waals surface area (Å²) in [5, 5.41) is 0. The molecule has 0 bridgehead atoms. The average Bonchev–Trinajstić information content (AvgIpc) is 3.16. The molecule has 2 aromatic carbocycles. The summed E-state index contributed by atoms with van der Waals surface area (Å²) in [7, 11) is -8.55. The molecule has 0 aliphatic heterocycles. The van der Waals surface area contributed by atoms with Gasteiger partial charge in [0.05, 0.1) is 16.1 Å². The van der Waals surface area contributed by atoms with Crippen molar-refractivity contribution < 1.29 is 16.8 Å². The summed E-state index contributed by atoms with van der Waals surface area (Å²) in [5.41, 5.74) is 2.40. The molecule has 0 amide bonds. The number of imidazole rings is 1. The van der Waals surface area contributed by atoms with E-state index in [4.69, 9.17) is 0 Å². The van der Waals surface area contributed by atoms with Gasteiger partial charge in [0.25, 0.3) is 20.0 Å². The highest BCUT2D eigenvalue weighted by molar-refractivity contribution is 8.04. The first-order chi connectivity index (χ1) is 13.2. The second kappa shape index (κ2) is 7.86. The van der Waals surface area contributed by atoms with Crippen molar-refractivity contribution in [2.24, 2.45) is 0 Å². The lowest BCUT2D eigenvalue weighted by Gasteiger charge is -2.22. The third-order valence-corrected chi connectivity index (χ3v) is 8.64. The molecule has 0 spiro atoms. The minimum Gasteiger partial charge on any atom is -0.348 e. The number of nitrogens with zero attached hydrogens (tertiary/aromatic N) is 2. The molecule has 3 aromatic rings. The maximum Gasteiger partial charge on any atom is 0.256 e. The van der Waals surface area contributed by atoms with Crippen molar-refractivity contribution in [3.8, 4) is 0 Å². The fourth-order valence-electron chi connectivity index (χ4n) is 2.66. The Balaban J connectivity index is 2.05. The van der Waals surface area contributed by atoms with Gasteiger partial charge in [0, 0.05) is 24.9 Å². The molecule has 3 rings (SSSR count). The first-order valence-electron chi connectivity index (χ1n) is 8.60. The van der Waals surface area contributed by atoms with Crippen LogP contribution in [-0.4, -0.2) is 37.1 Å². The van der Waals surface area contributed by atoms with E-state index in [0.29, 0.717) is 9.40 Å². The first kappa shape index (κ1) is 20.2. The van der Waals surface area contributed by atoms with Crippen LogP contribution < -0.4 is 0 Å². The van der Waals surface area contributed by atoms with E-state index in [9.17, 15) is 16.8 Å². The molecule has 0 atom stereocenters.